The summed E-state index contributed by atoms with van der Waals surface area (Å²) >= 11 is 0. The van der Waals surface area contributed by atoms with Crippen molar-refractivity contribution in [3.8, 4) is 0 Å². The molecule has 0 amide bonds. The van der Waals surface area contributed by atoms with Crippen LogP contribution in [0.25, 0.3) is 0 Å². The molecule has 0 unspecified atom stereocenters. The van der Waals surface area contributed by atoms with Crippen LogP contribution < -0.4 is 5.32 Å². The van der Waals surface area contributed by atoms with Crippen LogP contribution >= 0.6 is 0 Å². The predicted octanol–water partition coefficient (Wildman–Crippen LogP) is 2.49. The molecule has 1 fully saturated rings. The Balaban J connectivity index is 2.33. The molecule has 7 heteroatoms. The Hall–Kier alpha value is -2.31. The molecule has 118 valence electrons. The van der Waals surface area contributed by atoms with Crippen molar-refractivity contribution in [3.63, 3.8) is 0 Å². The number of nitrogens with one attached hydrogen (secondary N) is 1. The summed E-state index contributed by atoms with van der Waals surface area (Å²) in [6, 6.07) is 0.837. The first-order valence-electron chi connectivity index (χ1n) is 6.76. The fraction of sp³-hybridized carbons (Fsp3) is 0.333. The van der Waals surface area contributed by atoms with Crippen LogP contribution in [-0.4, -0.2) is 24.4 Å². The summed E-state index contributed by atoms with van der Waals surface area (Å²) in [6.07, 6.45) is 2.92. The molecule has 22 heavy (non-hydrogen) atoms. The summed E-state index contributed by atoms with van der Waals surface area (Å²) in [5.41, 5.74) is -1.19. The number of ether oxygens (including phenoxy) is 1. The highest BCUT2D eigenvalue weighted by atomic mass is 19.2. The zero-order valence-electron chi connectivity index (χ0n) is 11.8. The third kappa shape index (κ3) is 3.66. The average molecular weight is 313 g/mol. The number of ketones is 1. The van der Waals surface area contributed by atoms with Crippen molar-refractivity contribution >= 4 is 11.8 Å². The van der Waals surface area contributed by atoms with E-state index in [-0.39, 0.29) is 18.7 Å². The molecule has 2 rings (SSSR count). The second-order valence-corrected chi connectivity index (χ2v) is 4.79. The number of hydrogen-bond acceptors (Lipinski definition) is 4. The van der Waals surface area contributed by atoms with Crippen LogP contribution in [0.2, 0.25) is 0 Å². The normalized spacial score (nSPS) is 14.6. The molecular formula is C15H14F3NO3. The van der Waals surface area contributed by atoms with Crippen molar-refractivity contribution in [3.05, 3.63) is 46.9 Å². The number of benzene rings is 1. The van der Waals surface area contributed by atoms with E-state index in [2.05, 4.69) is 5.32 Å². The van der Waals surface area contributed by atoms with Gasteiger partial charge in [-0.05, 0) is 25.8 Å². The number of carbonyl (C=O) groups is 2. The minimum absolute atomic E-state index is 0.0210. The summed E-state index contributed by atoms with van der Waals surface area (Å²) in [4.78, 5) is 24.1. The first-order chi connectivity index (χ1) is 10.4. The van der Waals surface area contributed by atoms with Crippen LogP contribution in [0, 0.1) is 17.5 Å². The molecule has 1 aliphatic rings. The molecule has 0 atom stereocenters. The van der Waals surface area contributed by atoms with E-state index in [1.54, 1.807) is 6.92 Å². The molecule has 1 aliphatic carbocycles. The summed E-state index contributed by atoms with van der Waals surface area (Å²) in [5.74, 6) is -6.05. The molecule has 0 bridgehead atoms. The Labute approximate surface area is 125 Å². The molecule has 0 saturated heterocycles. The van der Waals surface area contributed by atoms with Gasteiger partial charge in [0.2, 0.25) is 5.78 Å². The minimum atomic E-state index is -1.41. The van der Waals surface area contributed by atoms with Crippen molar-refractivity contribution in [1.29, 1.82) is 0 Å². The standard InChI is InChI=1S/C15H14F3NO3/c1-2-22-15(21)10(7-19-8-3-4-8)14(20)9-5-12(17)13(18)6-11(9)16/h5-8,19H,2-4H2,1H3. The number of halogens is 3. The number of rotatable bonds is 6. The van der Waals surface area contributed by atoms with Crippen molar-refractivity contribution in [2.75, 3.05) is 6.61 Å². The third-order valence-corrected chi connectivity index (χ3v) is 3.04. The van der Waals surface area contributed by atoms with Gasteiger partial charge in [0.15, 0.2) is 11.6 Å². The van der Waals surface area contributed by atoms with Crippen molar-refractivity contribution in [2.24, 2.45) is 0 Å². The predicted molar refractivity (Wildman–Crippen MR) is 71.5 cm³/mol. The lowest BCUT2D eigenvalue weighted by atomic mass is 10.0. The quantitative estimate of drug-likeness (QED) is 0.219. The van der Waals surface area contributed by atoms with E-state index in [0.717, 1.165) is 19.0 Å². The van der Waals surface area contributed by atoms with Gasteiger partial charge in [0.1, 0.15) is 11.4 Å². The van der Waals surface area contributed by atoms with Crippen LogP contribution in [-0.2, 0) is 9.53 Å². The fourth-order valence-electron chi connectivity index (χ4n) is 1.72. The summed E-state index contributed by atoms with van der Waals surface area (Å²) in [7, 11) is 0. The molecule has 1 saturated carbocycles. The third-order valence-electron chi connectivity index (χ3n) is 3.04. The molecule has 1 aromatic carbocycles. The summed E-state index contributed by atoms with van der Waals surface area (Å²) in [5, 5.41) is 2.82. The van der Waals surface area contributed by atoms with E-state index in [9.17, 15) is 22.8 Å². The molecule has 0 aliphatic heterocycles. The maximum atomic E-state index is 13.7. The smallest absolute Gasteiger partial charge is 0.343 e. The molecular weight excluding hydrogens is 299 g/mol. The number of Topliss-reactive ketones (excluding diaryl/α,β-unsaturated/α-hetero) is 1. The second kappa shape index (κ2) is 6.64. The van der Waals surface area contributed by atoms with Gasteiger partial charge < -0.3 is 10.1 Å². The Morgan fingerprint density at radius 3 is 2.45 bits per heavy atom. The maximum absolute atomic E-state index is 13.7. The van der Waals surface area contributed by atoms with E-state index in [1.807, 2.05) is 0 Å². The van der Waals surface area contributed by atoms with Gasteiger partial charge in [-0.25, -0.2) is 18.0 Å². The largest absolute Gasteiger partial charge is 0.462 e. The second-order valence-electron chi connectivity index (χ2n) is 4.79. The highest BCUT2D eigenvalue weighted by molar-refractivity contribution is 6.24. The zero-order chi connectivity index (χ0) is 16.3. The van der Waals surface area contributed by atoms with Gasteiger partial charge in [-0.15, -0.1) is 0 Å². The zero-order valence-corrected chi connectivity index (χ0v) is 11.8. The molecule has 0 aromatic heterocycles. The van der Waals surface area contributed by atoms with E-state index < -0.39 is 40.3 Å². The van der Waals surface area contributed by atoms with Crippen LogP contribution in [0.15, 0.2) is 23.9 Å². The van der Waals surface area contributed by atoms with Crippen LogP contribution in [0.3, 0.4) is 0 Å². The lowest BCUT2D eigenvalue weighted by molar-refractivity contribution is -0.138. The van der Waals surface area contributed by atoms with Crippen molar-refractivity contribution in [2.45, 2.75) is 25.8 Å². The number of esters is 1. The Kier molecular flexibility index (Phi) is 4.85. The lowest BCUT2D eigenvalue weighted by Crippen LogP contribution is -2.21. The first kappa shape index (κ1) is 16.1. The molecule has 1 aromatic rings. The minimum Gasteiger partial charge on any atom is -0.462 e. The van der Waals surface area contributed by atoms with Gasteiger partial charge in [0.05, 0.1) is 12.2 Å². The molecule has 0 spiro atoms. The van der Waals surface area contributed by atoms with E-state index in [0.29, 0.717) is 6.07 Å². The molecule has 0 heterocycles. The van der Waals surface area contributed by atoms with Gasteiger partial charge in [-0.2, -0.15) is 0 Å². The monoisotopic (exact) mass is 313 g/mol. The molecule has 1 N–H and O–H groups in total. The highest BCUT2D eigenvalue weighted by Gasteiger charge is 2.27. The van der Waals surface area contributed by atoms with Crippen molar-refractivity contribution < 1.29 is 27.5 Å². The van der Waals surface area contributed by atoms with E-state index in [1.165, 1.54) is 0 Å². The highest BCUT2D eigenvalue weighted by Crippen LogP contribution is 2.21. The molecule has 4 nitrogen and oxygen atoms in total. The maximum Gasteiger partial charge on any atom is 0.343 e. The molecule has 0 radical (unpaired) electrons. The number of carbonyl (C=O) groups excluding carboxylic acids is 2. The Bertz CT molecular complexity index is 639. The van der Waals surface area contributed by atoms with Gasteiger partial charge in [-0.1, -0.05) is 0 Å². The van der Waals surface area contributed by atoms with Crippen LogP contribution in [0.4, 0.5) is 13.2 Å². The SMILES string of the molecule is CCOC(=O)C(=CNC1CC1)C(=O)c1cc(F)c(F)cc1F. The van der Waals surface area contributed by atoms with Gasteiger partial charge >= 0.3 is 5.97 Å². The van der Waals surface area contributed by atoms with Gasteiger partial charge in [0, 0.05) is 18.3 Å². The Morgan fingerprint density at radius 2 is 1.86 bits per heavy atom. The van der Waals surface area contributed by atoms with Gasteiger partial charge in [0.25, 0.3) is 0 Å². The van der Waals surface area contributed by atoms with Crippen LogP contribution in [0.5, 0.6) is 0 Å². The Morgan fingerprint density at radius 1 is 1.23 bits per heavy atom. The van der Waals surface area contributed by atoms with Crippen molar-refractivity contribution in [1.82, 2.24) is 5.32 Å². The van der Waals surface area contributed by atoms with E-state index in [4.69, 9.17) is 4.74 Å². The summed E-state index contributed by atoms with van der Waals surface area (Å²) in [6.45, 7) is 1.57. The topological polar surface area (TPSA) is 55.4 Å². The first-order valence-corrected chi connectivity index (χ1v) is 6.76. The van der Waals surface area contributed by atoms with Crippen LogP contribution in [0.1, 0.15) is 30.1 Å². The van der Waals surface area contributed by atoms with Gasteiger partial charge in [-0.3, -0.25) is 4.79 Å². The summed E-state index contributed by atoms with van der Waals surface area (Å²) < 4.78 is 44.5. The average Bonchev–Trinajstić information content (AvgIpc) is 3.27. The number of hydrogen-bond donors (Lipinski definition) is 1. The lowest BCUT2D eigenvalue weighted by Gasteiger charge is -2.08. The van der Waals surface area contributed by atoms with E-state index >= 15 is 0 Å². The fourth-order valence-corrected chi connectivity index (χ4v) is 1.72.